The van der Waals surface area contributed by atoms with Crippen molar-refractivity contribution in [2.24, 2.45) is 0 Å². The molecule has 0 radical (unpaired) electrons. The molecule has 3 aromatic rings. The Morgan fingerprint density at radius 3 is 2.49 bits per heavy atom. The topological polar surface area (TPSA) is 78.6 Å². The highest BCUT2D eigenvalue weighted by atomic mass is 19.2. The van der Waals surface area contributed by atoms with Crippen LogP contribution in [0.3, 0.4) is 0 Å². The molecule has 3 aliphatic rings. The maximum Gasteiger partial charge on any atom is 0.181 e. The molecule has 35 heavy (non-hydrogen) atoms. The van der Waals surface area contributed by atoms with Gasteiger partial charge in [0.2, 0.25) is 0 Å². The molecule has 1 aliphatic heterocycles. The second-order valence-electron chi connectivity index (χ2n) is 10.2. The van der Waals surface area contributed by atoms with Crippen LogP contribution in [0.25, 0.3) is 11.2 Å². The van der Waals surface area contributed by atoms with Gasteiger partial charge in [-0.15, -0.1) is 0 Å². The third-order valence-electron chi connectivity index (χ3n) is 7.51. The predicted octanol–water partition coefficient (Wildman–Crippen LogP) is 5.83. The zero-order valence-electron chi connectivity index (χ0n) is 20.6. The minimum Gasteiger partial charge on any atom is -0.373 e. The fourth-order valence-corrected chi connectivity index (χ4v) is 4.96. The minimum atomic E-state index is -1.66. The molecule has 3 aromatic heterocycles. The van der Waals surface area contributed by atoms with Gasteiger partial charge in [0.1, 0.15) is 24.2 Å². The van der Waals surface area contributed by atoms with Crippen LogP contribution in [-0.2, 0) is 4.74 Å². The molecular weight excluding hydrogens is 450 g/mol. The van der Waals surface area contributed by atoms with Crippen LogP contribution in [0.4, 0.5) is 8.78 Å². The van der Waals surface area contributed by atoms with Gasteiger partial charge in [-0.3, -0.25) is 4.68 Å². The van der Waals surface area contributed by atoms with Crippen LogP contribution < -0.4 is 0 Å². The number of halogens is 2. The van der Waals surface area contributed by atoms with Crippen LogP contribution in [0.5, 0.6) is 0 Å². The molecule has 2 saturated carbocycles. The van der Waals surface area contributed by atoms with E-state index in [0.717, 1.165) is 30.1 Å². The second kappa shape index (κ2) is 10.2. The van der Waals surface area contributed by atoms with Crippen molar-refractivity contribution in [1.29, 1.82) is 0 Å². The zero-order chi connectivity index (χ0) is 24.4. The number of nitrogens with zero attached hydrogens (tertiary/aromatic N) is 6. The number of aromatic nitrogens is 6. The van der Waals surface area contributed by atoms with E-state index in [0.29, 0.717) is 36.2 Å². The first-order valence-electron chi connectivity index (χ1n) is 12.8. The molecule has 9 heteroatoms. The summed E-state index contributed by atoms with van der Waals surface area (Å²) >= 11 is 0. The van der Waals surface area contributed by atoms with Crippen molar-refractivity contribution in [3.8, 4) is 0 Å². The van der Waals surface area contributed by atoms with Gasteiger partial charge in [-0.1, -0.05) is 0 Å². The normalized spacial score (nSPS) is 26.9. The number of alkyl halides is 2. The van der Waals surface area contributed by atoms with E-state index < -0.39 is 12.3 Å². The highest BCUT2D eigenvalue weighted by Crippen LogP contribution is 2.41. The SMILES string of the molecule is Cc1nc2ncnc(C3CCC(F)(CF)CC3)c2nc1C.c1nn(C2CC2)cc1C1CCCCO1. The van der Waals surface area contributed by atoms with Crippen molar-refractivity contribution in [2.45, 2.75) is 95.4 Å². The van der Waals surface area contributed by atoms with Crippen LogP contribution in [0.15, 0.2) is 18.7 Å². The average Bonchev–Trinajstić information content (AvgIpc) is 3.62. The molecule has 188 valence electrons. The maximum absolute atomic E-state index is 14.0. The zero-order valence-corrected chi connectivity index (χ0v) is 20.6. The lowest BCUT2D eigenvalue weighted by atomic mass is 9.79. The lowest BCUT2D eigenvalue weighted by Crippen LogP contribution is -2.31. The lowest BCUT2D eigenvalue weighted by Gasteiger charge is -2.31. The van der Waals surface area contributed by atoms with Crippen molar-refractivity contribution in [1.82, 2.24) is 29.7 Å². The summed E-state index contributed by atoms with van der Waals surface area (Å²) in [7, 11) is 0. The van der Waals surface area contributed by atoms with Gasteiger partial charge in [0.25, 0.3) is 0 Å². The summed E-state index contributed by atoms with van der Waals surface area (Å²) in [5.74, 6) is 0.0994. The number of ether oxygens (including phenoxy) is 1. The van der Waals surface area contributed by atoms with E-state index >= 15 is 0 Å². The minimum absolute atomic E-state index is 0.0994. The molecule has 0 N–H and O–H groups in total. The molecule has 0 bridgehead atoms. The maximum atomic E-state index is 14.0. The van der Waals surface area contributed by atoms with Crippen LogP contribution >= 0.6 is 0 Å². The summed E-state index contributed by atoms with van der Waals surface area (Å²) in [5.41, 5.74) is 3.39. The fraction of sp³-hybridized carbons (Fsp3) is 0.654. The van der Waals surface area contributed by atoms with E-state index in [4.69, 9.17) is 4.74 Å². The van der Waals surface area contributed by atoms with Crippen molar-refractivity contribution >= 4 is 11.2 Å². The van der Waals surface area contributed by atoms with Gasteiger partial charge in [-0.05, 0) is 71.6 Å². The first-order valence-corrected chi connectivity index (χ1v) is 12.8. The summed E-state index contributed by atoms with van der Waals surface area (Å²) in [5, 5.41) is 4.39. The van der Waals surface area contributed by atoms with Crippen molar-refractivity contribution < 1.29 is 13.5 Å². The van der Waals surface area contributed by atoms with Gasteiger partial charge in [0, 0.05) is 24.3 Å². The van der Waals surface area contributed by atoms with Crippen molar-refractivity contribution in [3.63, 3.8) is 0 Å². The van der Waals surface area contributed by atoms with Crippen molar-refractivity contribution in [3.05, 3.63) is 41.4 Å². The Morgan fingerprint density at radius 2 is 1.80 bits per heavy atom. The molecular formula is C26H34F2N6O. The Morgan fingerprint density at radius 1 is 1.03 bits per heavy atom. The largest absolute Gasteiger partial charge is 0.373 e. The van der Waals surface area contributed by atoms with Gasteiger partial charge in [0.05, 0.1) is 35.4 Å². The molecule has 0 amide bonds. The third-order valence-corrected chi connectivity index (χ3v) is 7.51. The molecule has 2 aliphatic carbocycles. The Hall–Kier alpha value is -2.55. The van der Waals surface area contributed by atoms with E-state index in [1.807, 2.05) is 20.0 Å². The van der Waals surface area contributed by atoms with Gasteiger partial charge < -0.3 is 4.74 Å². The Bertz CT molecular complexity index is 1150. The van der Waals surface area contributed by atoms with Gasteiger partial charge in [0.15, 0.2) is 5.65 Å². The lowest BCUT2D eigenvalue weighted by molar-refractivity contribution is 0.0149. The molecule has 1 unspecified atom stereocenters. The average molecular weight is 485 g/mol. The summed E-state index contributed by atoms with van der Waals surface area (Å²) in [6.45, 7) is 3.81. The van der Waals surface area contributed by atoms with Crippen LogP contribution in [0.1, 0.15) is 98.5 Å². The number of aryl methyl sites for hydroxylation is 2. The van der Waals surface area contributed by atoms with E-state index in [1.165, 1.54) is 37.6 Å². The first kappa shape index (κ1) is 24.2. The quantitative estimate of drug-likeness (QED) is 0.463. The van der Waals surface area contributed by atoms with E-state index in [2.05, 4.69) is 35.9 Å². The first-order chi connectivity index (χ1) is 17.0. The van der Waals surface area contributed by atoms with Crippen LogP contribution in [0, 0.1) is 13.8 Å². The van der Waals surface area contributed by atoms with E-state index in [-0.39, 0.29) is 18.8 Å². The third kappa shape index (κ3) is 5.50. The summed E-state index contributed by atoms with van der Waals surface area (Å²) in [6.07, 6.45) is 13.9. The summed E-state index contributed by atoms with van der Waals surface area (Å²) in [4.78, 5) is 17.5. The van der Waals surface area contributed by atoms with E-state index in [9.17, 15) is 8.78 Å². The number of hydrogen-bond acceptors (Lipinski definition) is 6. The molecule has 4 heterocycles. The second-order valence-corrected chi connectivity index (χ2v) is 10.2. The Labute approximate surface area is 204 Å². The predicted molar refractivity (Wildman–Crippen MR) is 129 cm³/mol. The molecule has 0 spiro atoms. The number of fused-ring (bicyclic) bond motifs is 1. The Kier molecular flexibility index (Phi) is 7.05. The smallest absolute Gasteiger partial charge is 0.181 e. The van der Waals surface area contributed by atoms with Crippen molar-refractivity contribution in [2.75, 3.05) is 13.3 Å². The van der Waals surface area contributed by atoms with Crippen LogP contribution in [-0.4, -0.2) is 48.7 Å². The highest BCUT2D eigenvalue weighted by Gasteiger charge is 2.37. The van der Waals surface area contributed by atoms with Gasteiger partial charge in [-0.25, -0.2) is 28.7 Å². The van der Waals surface area contributed by atoms with Gasteiger partial charge >= 0.3 is 0 Å². The van der Waals surface area contributed by atoms with Crippen LogP contribution in [0.2, 0.25) is 0 Å². The number of rotatable bonds is 4. The molecule has 3 fully saturated rings. The molecule has 6 rings (SSSR count). The Balaban J connectivity index is 0.000000156. The molecule has 1 atom stereocenters. The van der Waals surface area contributed by atoms with Gasteiger partial charge in [-0.2, -0.15) is 5.10 Å². The monoisotopic (exact) mass is 484 g/mol. The number of hydrogen-bond donors (Lipinski definition) is 0. The molecule has 1 saturated heterocycles. The molecule has 0 aromatic carbocycles. The van der Waals surface area contributed by atoms with E-state index in [1.54, 1.807) is 0 Å². The highest BCUT2D eigenvalue weighted by molar-refractivity contribution is 5.73. The fourth-order valence-electron chi connectivity index (χ4n) is 4.96. The standard InChI is InChI=1S/C15H18F2N4.C11H16N2O/c1-9-10(2)21-14-13(20-9)12(18-8-19-14)11-3-5-15(17,7-16)6-4-11;1-2-6-14-11(3-1)9-7-12-13(8-9)10-4-5-10/h8,11H,3-7H2,1-2H3;7-8,10-11H,1-6H2. The summed E-state index contributed by atoms with van der Waals surface area (Å²) < 4.78 is 34.5. The summed E-state index contributed by atoms with van der Waals surface area (Å²) in [6, 6.07) is 0.687. The molecule has 7 nitrogen and oxygen atoms in total.